The highest BCUT2D eigenvalue weighted by Gasteiger charge is 2.25. The van der Waals surface area contributed by atoms with Crippen molar-refractivity contribution in [3.63, 3.8) is 0 Å². The quantitative estimate of drug-likeness (QED) is 0.740. The Kier molecular flexibility index (Phi) is 6.77. The van der Waals surface area contributed by atoms with E-state index in [1.165, 1.54) is 13.0 Å². The van der Waals surface area contributed by atoms with Crippen molar-refractivity contribution in [2.24, 2.45) is 0 Å². The Labute approximate surface area is 155 Å². The molecule has 0 fully saturated rings. The molecule has 1 aromatic rings. The van der Waals surface area contributed by atoms with Gasteiger partial charge in [0.15, 0.2) is 0 Å². The summed E-state index contributed by atoms with van der Waals surface area (Å²) in [6.07, 6.45) is 2.28. The number of nitrogens with zero attached hydrogens (tertiary/aromatic N) is 2. The topological polar surface area (TPSA) is 86.8 Å². The number of nitrogens with one attached hydrogen (secondary N) is 1. The second-order valence-electron chi connectivity index (χ2n) is 6.42. The molecule has 1 N–H and O–H groups in total. The summed E-state index contributed by atoms with van der Waals surface area (Å²) in [5.74, 6) is -0.281. The van der Waals surface area contributed by atoms with Gasteiger partial charge in [0.25, 0.3) is 0 Å². The molecular formula is C18H27N3O4S. The fourth-order valence-electron chi connectivity index (χ4n) is 3.13. The van der Waals surface area contributed by atoms with E-state index in [1.807, 2.05) is 13.8 Å². The number of anilines is 1. The molecule has 0 saturated carbocycles. The molecule has 0 aliphatic carbocycles. The van der Waals surface area contributed by atoms with Crippen molar-refractivity contribution in [1.82, 2.24) is 9.62 Å². The minimum Gasteiger partial charge on any atom is -0.342 e. The average molecular weight is 381 g/mol. The van der Waals surface area contributed by atoms with Crippen LogP contribution in [-0.2, 0) is 26.0 Å². The van der Waals surface area contributed by atoms with Gasteiger partial charge in [-0.25, -0.2) is 13.1 Å². The van der Waals surface area contributed by atoms with E-state index < -0.39 is 10.0 Å². The number of rotatable bonds is 8. The standard InChI is InChI=1S/C18H27N3O4S/c1-4-9-20(10-5-2)18(23)13-19-26(24,25)16-6-7-17-15(12-16)8-11-21(17)14(3)22/h6-7,12,19H,4-5,8-11,13H2,1-3H3. The van der Waals surface area contributed by atoms with Gasteiger partial charge in [0.1, 0.15) is 0 Å². The van der Waals surface area contributed by atoms with Crippen LogP contribution in [0.2, 0.25) is 0 Å². The lowest BCUT2D eigenvalue weighted by Crippen LogP contribution is -2.40. The summed E-state index contributed by atoms with van der Waals surface area (Å²) < 4.78 is 27.5. The van der Waals surface area contributed by atoms with Gasteiger partial charge in [-0.2, -0.15) is 0 Å². The number of sulfonamides is 1. The van der Waals surface area contributed by atoms with Crippen molar-refractivity contribution < 1.29 is 18.0 Å². The summed E-state index contributed by atoms with van der Waals surface area (Å²) >= 11 is 0. The van der Waals surface area contributed by atoms with Gasteiger partial charge in [-0.3, -0.25) is 9.59 Å². The number of fused-ring (bicyclic) bond motifs is 1. The van der Waals surface area contributed by atoms with Crippen LogP contribution in [0, 0.1) is 0 Å². The van der Waals surface area contributed by atoms with Gasteiger partial charge in [-0.1, -0.05) is 13.8 Å². The Morgan fingerprint density at radius 3 is 2.42 bits per heavy atom. The molecule has 8 heteroatoms. The summed E-state index contributed by atoms with van der Waals surface area (Å²) in [6, 6.07) is 4.71. The Balaban J connectivity index is 2.09. The fraction of sp³-hybridized carbons (Fsp3) is 0.556. The minimum atomic E-state index is -3.78. The number of hydrogen-bond donors (Lipinski definition) is 1. The van der Waals surface area contributed by atoms with Crippen LogP contribution in [0.15, 0.2) is 23.1 Å². The summed E-state index contributed by atoms with van der Waals surface area (Å²) in [6.45, 7) is 7.00. The van der Waals surface area contributed by atoms with Crippen LogP contribution in [-0.4, -0.2) is 51.3 Å². The van der Waals surface area contributed by atoms with Gasteiger partial charge in [0, 0.05) is 32.2 Å². The molecule has 1 aliphatic heterocycles. The van der Waals surface area contributed by atoms with Gasteiger partial charge in [-0.15, -0.1) is 0 Å². The van der Waals surface area contributed by atoms with Crippen molar-refractivity contribution in [3.8, 4) is 0 Å². The first-order valence-corrected chi connectivity index (χ1v) is 10.5. The number of benzene rings is 1. The molecule has 0 saturated heterocycles. The molecule has 0 unspecified atom stereocenters. The molecule has 2 amide bonds. The maximum absolute atomic E-state index is 12.5. The second-order valence-corrected chi connectivity index (χ2v) is 8.18. The van der Waals surface area contributed by atoms with E-state index in [2.05, 4.69) is 4.72 Å². The summed E-state index contributed by atoms with van der Waals surface area (Å²) in [5, 5.41) is 0. The van der Waals surface area contributed by atoms with Gasteiger partial charge < -0.3 is 9.80 Å². The highest BCUT2D eigenvalue weighted by molar-refractivity contribution is 7.89. The molecule has 1 aliphatic rings. The van der Waals surface area contributed by atoms with E-state index in [1.54, 1.807) is 21.9 Å². The van der Waals surface area contributed by atoms with Gasteiger partial charge in [0.05, 0.1) is 11.4 Å². The minimum absolute atomic E-state index is 0.0602. The van der Waals surface area contributed by atoms with E-state index in [4.69, 9.17) is 0 Å². The molecule has 26 heavy (non-hydrogen) atoms. The zero-order valence-electron chi connectivity index (χ0n) is 15.6. The normalized spacial score (nSPS) is 13.6. The van der Waals surface area contributed by atoms with Crippen molar-refractivity contribution >= 4 is 27.5 Å². The van der Waals surface area contributed by atoms with Crippen molar-refractivity contribution in [2.45, 2.75) is 44.9 Å². The predicted molar refractivity (Wildman–Crippen MR) is 101 cm³/mol. The number of amides is 2. The molecule has 1 aromatic carbocycles. The molecule has 2 rings (SSSR count). The van der Waals surface area contributed by atoms with Crippen LogP contribution in [0.5, 0.6) is 0 Å². The van der Waals surface area contributed by atoms with Crippen LogP contribution >= 0.6 is 0 Å². The SMILES string of the molecule is CCCN(CCC)C(=O)CNS(=O)(=O)c1ccc2c(c1)CCN2C(C)=O. The second kappa shape index (κ2) is 8.64. The number of hydrogen-bond acceptors (Lipinski definition) is 4. The Morgan fingerprint density at radius 1 is 1.19 bits per heavy atom. The third-order valence-electron chi connectivity index (χ3n) is 4.39. The third kappa shape index (κ3) is 4.62. The van der Waals surface area contributed by atoms with Crippen LogP contribution in [0.4, 0.5) is 5.69 Å². The molecule has 0 atom stereocenters. The average Bonchev–Trinajstić information content (AvgIpc) is 3.03. The Bertz CT molecular complexity index is 771. The molecule has 7 nitrogen and oxygen atoms in total. The van der Waals surface area contributed by atoms with Crippen molar-refractivity contribution in [2.75, 3.05) is 31.1 Å². The van der Waals surface area contributed by atoms with E-state index in [9.17, 15) is 18.0 Å². The molecule has 0 bridgehead atoms. The zero-order chi connectivity index (χ0) is 19.3. The summed E-state index contributed by atoms with van der Waals surface area (Å²) in [4.78, 5) is 27.3. The first kappa shape index (κ1) is 20.4. The lowest BCUT2D eigenvalue weighted by Gasteiger charge is -2.21. The highest BCUT2D eigenvalue weighted by Crippen LogP contribution is 2.30. The van der Waals surface area contributed by atoms with Crippen LogP contribution < -0.4 is 9.62 Å². The Hall–Kier alpha value is -1.93. The van der Waals surface area contributed by atoms with Crippen LogP contribution in [0.1, 0.15) is 39.2 Å². The van der Waals surface area contributed by atoms with Gasteiger partial charge in [-0.05, 0) is 43.0 Å². The molecular weight excluding hydrogens is 354 g/mol. The van der Waals surface area contributed by atoms with Gasteiger partial charge in [0.2, 0.25) is 21.8 Å². The van der Waals surface area contributed by atoms with Crippen LogP contribution in [0.3, 0.4) is 0 Å². The molecule has 1 heterocycles. The maximum Gasteiger partial charge on any atom is 0.241 e. The third-order valence-corrected chi connectivity index (χ3v) is 5.79. The summed E-state index contributed by atoms with van der Waals surface area (Å²) in [7, 11) is -3.78. The first-order valence-electron chi connectivity index (χ1n) is 8.98. The molecule has 144 valence electrons. The summed E-state index contributed by atoms with van der Waals surface area (Å²) in [5.41, 5.74) is 1.58. The highest BCUT2D eigenvalue weighted by atomic mass is 32.2. The van der Waals surface area contributed by atoms with E-state index in [0.717, 1.165) is 24.1 Å². The molecule has 0 aromatic heterocycles. The monoisotopic (exact) mass is 381 g/mol. The van der Waals surface area contributed by atoms with Crippen LogP contribution in [0.25, 0.3) is 0 Å². The lowest BCUT2D eigenvalue weighted by atomic mass is 10.2. The van der Waals surface area contributed by atoms with E-state index in [-0.39, 0.29) is 23.3 Å². The number of carbonyl (C=O) groups excluding carboxylic acids is 2. The fourth-order valence-corrected chi connectivity index (χ4v) is 4.15. The number of carbonyl (C=O) groups is 2. The van der Waals surface area contributed by atoms with Crippen molar-refractivity contribution in [3.05, 3.63) is 23.8 Å². The van der Waals surface area contributed by atoms with E-state index in [0.29, 0.717) is 26.1 Å². The van der Waals surface area contributed by atoms with Crippen molar-refractivity contribution in [1.29, 1.82) is 0 Å². The molecule has 0 radical (unpaired) electrons. The lowest BCUT2D eigenvalue weighted by molar-refractivity contribution is -0.130. The van der Waals surface area contributed by atoms with E-state index >= 15 is 0 Å². The smallest absolute Gasteiger partial charge is 0.241 e. The maximum atomic E-state index is 12.5. The predicted octanol–water partition coefficient (Wildman–Crippen LogP) is 1.52. The first-order chi connectivity index (χ1) is 12.3. The van der Waals surface area contributed by atoms with Gasteiger partial charge >= 0.3 is 0 Å². The largest absolute Gasteiger partial charge is 0.342 e. The molecule has 0 spiro atoms. The zero-order valence-corrected chi connectivity index (χ0v) is 16.4. The Morgan fingerprint density at radius 2 is 1.85 bits per heavy atom.